The van der Waals surface area contributed by atoms with Crippen LogP contribution in [-0.4, -0.2) is 44.7 Å². The predicted octanol–water partition coefficient (Wildman–Crippen LogP) is 1.74. The first kappa shape index (κ1) is 15.5. The number of likely N-dealkylation sites (tertiary alicyclic amines) is 1. The van der Waals surface area contributed by atoms with Crippen LogP contribution in [0.15, 0.2) is 24.3 Å². The molecule has 1 aliphatic heterocycles. The number of rotatable bonds is 5. The number of aromatic nitrogens is 4. The molecule has 7 heteroatoms. The third kappa shape index (κ3) is 3.18. The van der Waals surface area contributed by atoms with Gasteiger partial charge in [0.1, 0.15) is 11.6 Å². The van der Waals surface area contributed by atoms with Gasteiger partial charge in [-0.3, -0.25) is 4.79 Å². The predicted molar refractivity (Wildman–Crippen MR) is 83.9 cm³/mol. The molecule has 0 saturated carbocycles. The van der Waals surface area contributed by atoms with Crippen LogP contribution in [0.3, 0.4) is 0 Å². The quantitative estimate of drug-likeness (QED) is 0.840. The minimum absolute atomic E-state index is 0.0913. The van der Waals surface area contributed by atoms with Gasteiger partial charge in [-0.1, -0.05) is 18.2 Å². The van der Waals surface area contributed by atoms with Gasteiger partial charge in [0.15, 0.2) is 0 Å². The fourth-order valence-electron chi connectivity index (χ4n) is 3.13. The summed E-state index contributed by atoms with van der Waals surface area (Å²) in [6, 6.07) is 8.02. The molecule has 23 heavy (non-hydrogen) atoms. The number of para-hydroxylation sites is 1. The molecule has 0 unspecified atom stereocenters. The smallest absolute Gasteiger partial charge is 0.224 e. The Morgan fingerprint density at radius 3 is 2.96 bits per heavy atom. The van der Waals surface area contributed by atoms with Gasteiger partial charge in [-0.15, -0.1) is 5.10 Å². The number of aryl methyl sites for hydroxylation is 2. The lowest BCUT2D eigenvalue weighted by Crippen LogP contribution is -2.31. The Kier molecular flexibility index (Phi) is 4.55. The largest absolute Gasteiger partial charge is 0.496 e. The third-order valence-corrected chi connectivity index (χ3v) is 4.32. The molecular formula is C16H21N5O2. The van der Waals surface area contributed by atoms with E-state index in [0.29, 0.717) is 13.0 Å². The van der Waals surface area contributed by atoms with Crippen molar-refractivity contribution in [3.05, 3.63) is 35.7 Å². The van der Waals surface area contributed by atoms with Gasteiger partial charge < -0.3 is 9.64 Å². The highest BCUT2D eigenvalue weighted by Crippen LogP contribution is 2.37. The van der Waals surface area contributed by atoms with Crippen LogP contribution in [-0.2, 0) is 11.3 Å². The zero-order valence-electron chi connectivity index (χ0n) is 13.5. The fraction of sp³-hybridized carbons (Fsp3) is 0.500. The van der Waals surface area contributed by atoms with Gasteiger partial charge in [-0.25, -0.2) is 4.68 Å². The molecule has 1 atom stereocenters. The Hall–Kier alpha value is -2.44. The van der Waals surface area contributed by atoms with Gasteiger partial charge in [0, 0.05) is 18.5 Å². The van der Waals surface area contributed by atoms with E-state index < -0.39 is 0 Å². The number of hydrogen-bond acceptors (Lipinski definition) is 5. The van der Waals surface area contributed by atoms with Crippen molar-refractivity contribution >= 4 is 5.91 Å². The second-order valence-electron chi connectivity index (χ2n) is 5.69. The van der Waals surface area contributed by atoms with Crippen molar-refractivity contribution < 1.29 is 9.53 Å². The van der Waals surface area contributed by atoms with Crippen molar-refractivity contribution in [2.24, 2.45) is 0 Å². The van der Waals surface area contributed by atoms with Crippen LogP contribution in [0, 0.1) is 6.92 Å². The van der Waals surface area contributed by atoms with E-state index in [-0.39, 0.29) is 11.9 Å². The van der Waals surface area contributed by atoms with E-state index in [4.69, 9.17) is 4.74 Å². The van der Waals surface area contributed by atoms with Crippen LogP contribution in [0.1, 0.15) is 36.7 Å². The van der Waals surface area contributed by atoms with Crippen LogP contribution in [0.2, 0.25) is 0 Å². The Bertz CT molecular complexity index is 685. The van der Waals surface area contributed by atoms with Crippen molar-refractivity contribution in [3.8, 4) is 5.75 Å². The van der Waals surface area contributed by atoms with Crippen LogP contribution in [0.5, 0.6) is 5.75 Å². The number of nitrogens with zero attached hydrogens (tertiary/aromatic N) is 5. The highest BCUT2D eigenvalue weighted by atomic mass is 16.5. The van der Waals surface area contributed by atoms with Gasteiger partial charge >= 0.3 is 0 Å². The van der Waals surface area contributed by atoms with E-state index in [0.717, 1.165) is 36.5 Å². The van der Waals surface area contributed by atoms with Crippen molar-refractivity contribution in [2.75, 3.05) is 13.7 Å². The first-order valence-corrected chi connectivity index (χ1v) is 7.86. The monoisotopic (exact) mass is 315 g/mol. The molecular weight excluding hydrogens is 294 g/mol. The second-order valence-corrected chi connectivity index (χ2v) is 5.69. The number of benzene rings is 1. The molecule has 1 aromatic carbocycles. The molecule has 0 spiro atoms. The number of carbonyl (C=O) groups excluding carboxylic acids is 1. The summed E-state index contributed by atoms with van der Waals surface area (Å²) in [5.41, 5.74) is 1.08. The minimum atomic E-state index is 0.0913. The Morgan fingerprint density at radius 2 is 2.22 bits per heavy atom. The van der Waals surface area contributed by atoms with Crippen LogP contribution >= 0.6 is 0 Å². The molecule has 122 valence electrons. The number of methoxy groups -OCH3 is 1. The number of carbonyl (C=O) groups is 1. The summed E-state index contributed by atoms with van der Waals surface area (Å²) in [5.74, 6) is 1.70. The topological polar surface area (TPSA) is 73.1 Å². The van der Waals surface area contributed by atoms with Gasteiger partial charge in [0.25, 0.3) is 0 Å². The first-order chi connectivity index (χ1) is 11.2. The van der Waals surface area contributed by atoms with E-state index in [2.05, 4.69) is 15.5 Å². The van der Waals surface area contributed by atoms with Gasteiger partial charge in [0.05, 0.1) is 19.7 Å². The molecule has 3 rings (SSSR count). The van der Waals surface area contributed by atoms with E-state index in [1.807, 2.05) is 36.1 Å². The van der Waals surface area contributed by atoms with Crippen molar-refractivity contribution in [3.63, 3.8) is 0 Å². The van der Waals surface area contributed by atoms with E-state index in [9.17, 15) is 4.79 Å². The molecule has 1 saturated heterocycles. The maximum absolute atomic E-state index is 12.6. The fourth-order valence-corrected chi connectivity index (χ4v) is 3.13. The molecule has 7 nitrogen and oxygen atoms in total. The SMILES string of the molecule is COc1ccccc1[C@@H]1CCCN1C(=O)CCn1nnnc1C. The van der Waals surface area contributed by atoms with E-state index >= 15 is 0 Å². The Labute approximate surface area is 135 Å². The summed E-state index contributed by atoms with van der Waals surface area (Å²) in [5, 5.41) is 11.3. The molecule has 0 aliphatic carbocycles. The highest BCUT2D eigenvalue weighted by molar-refractivity contribution is 5.77. The van der Waals surface area contributed by atoms with E-state index in [1.165, 1.54) is 0 Å². The second kappa shape index (κ2) is 6.76. The zero-order valence-corrected chi connectivity index (χ0v) is 13.5. The normalized spacial score (nSPS) is 17.5. The van der Waals surface area contributed by atoms with Crippen molar-refractivity contribution in [2.45, 2.75) is 38.8 Å². The summed E-state index contributed by atoms with van der Waals surface area (Å²) in [7, 11) is 1.67. The number of amides is 1. The molecule has 2 aromatic rings. The number of ether oxygens (including phenoxy) is 1. The van der Waals surface area contributed by atoms with Gasteiger partial charge in [-0.2, -0.15) is 0 Å². The molecule has 1 aliphatic rings. The summed E-state index contributed by atoms with van der Waals surface area (Å²) in [6.45, 7) is 3.13. The molecule has 1 aromatic heterocycles. The molecule has 1 amide bonds. The third-order valence-electron chi connectivity index (χ3n) is 4.32. The summed E-state index contributed by atoms with van der Waals surface area (Å²) < 4.78 is 7.11. The standard InChI is InChI=1S/C16H21N5O2/c1-12-17-18-19-21(12)11-9-16(22)20-10-5-7-14(20)13-6-3-4-8-15(13)23-2/h3-4,6,8,14H,5,7,9-11H2,1-2H3/t14-/m0/s1. The van der Waals surface area contributed by atoms with Crippen LogP contribution in [0.25, 0.3) is 0 Å². The van der Waals surface area contributed by atoms with E-state index in [1.54, 1.807) is 11.8 Å². The average Bonchev–Trinajstić information content (AvgIpc) is 3.21. The number of tetrazole rings is 1. The Balaban J connectivity index is 1.71. The average molecular weight is 315 g/mol. The summed E-state index contributed by atoms with van der Waals surface area (Å²) in [4.78, 5) is 14.6. The molecule has 0 radical (unpaired) electrons. The van der Waals surface area contributed by atoms with Gasteiger partial charge in [-0.05, 0) is 36.3 Å². The first-order valence-electron chi connectivity index (χ1n) is 7.86. The highest BCUT2D eigenvalue weighted by Gasteiger charge is 2.31. The Morgan fingerprint density at radius 1 is 1.39 bits per heavy atom. The van der Waals surface area contributed by atoms with Crippen LogP contribution in [0.4, 0.5) is 0 Å². The lowest BCUT2D eigenvalue weighted by Gasteiger charge is -2.26. The lowest BCUT2D eigenvalue weighted by atomic mass is 10.0. The number of hydrogen-bond donors (Lipinski definition) is 0. The summed E-state index contributed by atoms with van der Waals surface area (Å²) >= 11 is 0. The maximum atomic E-state index is 12.6. The molecule has 2 heterocycles. The molecule has 0 bridgehead atoms. The molecule has 1 fully saturated rings. The summed E-state index contributed by atoms with van der Waals surface area (Å²) in [6.07, 6.45) is 2.38. The van der Waals surface area contributed by atoms with Crippen LogP contribution < -0.4 is 4.74 Å². The van der Waals surface area contributed by atoms with Crippen molar-refractivity contribution in [1.29, 1.82) is 0 Å². The lowest BCUT2D eigenvalue weighted by molar-refractivity contribution is -0.132. The molecule has 0 N–H and O–H groups in total. The zero-order chi connectivity index (χ0) is 16.2. The van der Waals surface area contributed by atoms with Gasteiger partial charge in [0.2, 0.25) is 5.91 Å². The maximum Gasteiger partial charge on any atom is 0.224 e. The van der Waals surface area contributed by atoms with Crippen molar-refractivity contribution in [1.82, 2.24) is 25.1 Å². The minimum Gasteiger partial charge on any atom is -0.496 e.